The monoisotopic (exact) mass is 348 g/mol. The smallest absolute Gasteiger partial charge is 0.263 e. The number of aromatic nitrogens is 1. The molecule has 1 heterocycles. The predicted molar refractivity (Wildman–Crippen MR) is 83.3 cm³/mol. The lowest BCUT2D eigenvalue weighted by molar-refractivity contribution is 0.601. The zero-order valence-electron chi connectivity index (χ0n) is 10.3. The number of hydrogen-bond acceptors (Lipinski definition) is 4. The Kier molecular flexibility index (Phi) is 4.80. The van der Waals surface area contributed by atoms with Crippen LogP contribution in [0.15, 0.2) is 46.3 Å². The Hall–Kier alpha value is -0.950. The number of benzene rings is 1. The highest BCUT2D eigenvalue weighted by atomic mass is 35.5. The molecule has 0 fully saturated rings. The highest BCUT2D eigenvalue weighted by Gasteiger charge is 2.16. The Morgan fingerprint density at radius 1 is 1.25 bits per heavy atom. The van der Waals surface area contributed by atoms with Crippen LogP contribution in [-0.2, 0) is 10.0 Å². The van der Waals surface area contributed by atoms with Crippen LogP contribution in [-0.4, -0.2) is 19.7 Å². The quantitative estimate of drug-likeness (QED) is 0.672. The molecule has 0 spiro atoms. The standard InChI is InChI=1S/C12H10Cl2N2O2S2/c1-19-9-4-2-3-8(5-9)16-20(17,18)10-6-11(13)12(14)15-7-10/h2-7,16H,1H3. The molecule has 1 aromatic heterocycles. The SMILES string of the molecule is CSc1cccc(NS(=O)(=O)c2cnc(Cl)c(Cl)c2)c1. The molecule has 0 unspecified atom stereocenters. The number of nitrogens with one attached hydrogen (secondary N) is 1. The van der Waals surface area contributed by atoms with Gasteiger partial charge in [0.2, 0.25) is 0 Å². The summed E-state index contributed by atoms with van der Waals surface area (Å²) in [6.07, 6.45) is 3.07. The summed E-state index contributed by atoms with van der Waals surface area (Å²) in [5.41, 5.74) is 0.475. The first kappa shape index (κ1) is 15.4. The van der Waals surface area contributed by atoms with Crippen LogP contribution in [0.2, 0.25) is 10.2 Å². The number of thioether (sulfide) groups is 1. The molecule has 1 N–H and O–H groups in total. The van der Waals surface area contributed by atoms with Gasteiger partial charge >= 0.3 is 0 Å². The average Bonchev–Trinajstić information content (AvgIpc) is 2.41. The second-order valence-corrected chi connectivity index (χ2v) is 7.11. The summed E-state index contributed by atoms with van der Waals surface area (Å²) in [4.78, 5) is 4.65. The molecule has 0 bridgehead atoms. The minimum Gasteiger partial charge on any atom is -0.280 e. The van der Waals surface area contributed by atoms with E-state index in [4.69, 9.17) is 23.2 Å². The number of nitrogens with zero attached hydrogens (tertiary/aromatic N) is 1. The molecule has 20 heavy (non-hydrogen) atoms. The second-order valence-electron chi connectivity index (χ2n) is 3.78. The molecule has 106 valence electrons. The summed E-state index contributed by atoms with van der Waals surface area (Å²) in [6, 6.07) is 8.34. The van der Waals surface area contributed by atoms with Crippen molar-refractivity contribution in [3.05, 3.63) is 46.7 Å². The molecule has 0 aliphatic heterocycles. The van der Waals surface area contributed by atoms with Crippen LogP contribution >= 0.6 is 35.0 Å². The van der Waals surface area contributed by atoms with Gasteiger partial charge in [-0.2, -0.15) is 0 Å². The molecular formula is C12H10Cl2N2O2S2. The van der Waals surface area contributed by atoms with Crippen LogP contribution in [0.4, 0.5) is 5.69 Å². The van der Waals surface area contributed by atoms with Crippen molar-refractivity contribution in [2.45, 2.75) is 9.79 Å². The van der Waals surface area contributed by atoms with E-state index in [1.165, 1.54) is 17.8 Å². The van der Waals surface area contributed by atoms with Gasteiger partial charge in [-0.05, 0) is 30.5 Å². The van der Waals surface area contributed by atoms with Crippen molar-refractivity contribution in [2.75, 3.05) is 11.0 Å². The first-order valence-corrected chi connectivity index (χ1v) is 8.86. The van der Waals surface area contributed by atoms with E-state index in [-0.39, 0.29) is 15.1 Å². The van der Waals surface area contributed by atoms with Crippen LogP contribution in [0.1, 0.15) is 0 Å². The average molecular weight is 349 g/mol. The van der Waals surface area contributed by atoms with E-state index in [1.54, 1.807) is 18.2 Å². The van der Waals surface area contributed by atoms with E-state index in [1.807, 2.05) is 12.3 Å². The maximum Gasteiger partial charge on any atom is 0.263 e. The fourth-order valence-corrected chi connectivity index (χ4v) is 3.26. The highest BCUT2D eigenvalue weighted by Crippen LogP contribution is 2.25. The van der Waals surface area contributed by atoms with Crippen molar-refractivity contribution < 1.29 is 8.42 Å². The molecule has 1 aromatic carbocycles. The number of halogens is 2. The van der Waals surface area contributed by atoms with Gasteiger partial charge in [-0.1, -0.05) is 29.3 Å². The van der Waals surface area contributed by atoms with Gasteiger partial charge in [0.05, 0.1) is 5.02 Å². The fraction of sp³-hybridized carbons (Fsp3) is 0.0833. The molecule has 0 aliphatic rings. The lowest BCUT2D eigenvalue weighted by Crippen LogP contribution is -2.13. The van der Waals surface area contributed by atoms with Crippen LogP contribution in [0.5, 0.6) is 0 Å². The summed E-state index contributed by atoms with van der Waals surface area (Å²) in [6.45, 7) is 0. The Bertz CT molecular complexity index is 736. The third-order valence-corrected chi connectivity index (χ3v) is 5.16. The minimum absolute atomic E-state index is 0.0403. The Labute approximate surface area is 131 Å². The maximum atomic E-state index is 12.2. The van der Waals surface area contributed by atoms with Crippen molar-refractivity contribution in [3.63, 3.8) is 0 Å². The maximum absolute atomic E-state index is 12.2. The summed E-state index contributed by atoms with van der Waals surface area (Å²) in [5.74, 6) is 0. The Balaban J connectivity index is 2.32. The third-order valence-electron chi connectivity index (χ3n) is 2.40. The lowest BCUT2D eigenvalue weighted by atomic mass is 10.3. The van der Waals surface area contributed by atoms with Crippen molar-refractivity contribution in [1.82, 2.24) is 4.98 Å². The van der Waals surface area contributed by atoms with E-state index in [9.17, 15) is 8.42 Å². The van der Waals surface area contributed by atoms with E-state index in [0.717, 1.165) is 11.1 Å². The number of rotatable bonds is 4. The third kappa shape index (κ3) is 3.58. The number of sulfonamides is 1. The van der Waals surface area contributed by atoms with E-state index in [0.29, 0.717) is 5.69 Å². The molecule has 0 atom stereocenters. The first-order valence-electron chi connectivity index (χ1n) is 5.40. The van der Waals surface area contributed by atoms with Crippen molar-refractivity contribution in [2.24, 2.45) is 0 Å². The summed E-state index contributed by atoms with van der Waals surface area (Å²) in [7, 11) is -3.74. The zero-order valence-corrected chi connectivity index (χ0v) is 13.4. The first-order chi connectivity index (χ1) is 9.42. The molecule has 0 radical (unpaired) electrons. The van der Waals surface area contributed by atoms with Gasteiger partial charge < -0.3 is 0 Å². The molecule has 2 aromatic rings. The minimum atomic E-state index is -3.74. The van der Waals surface area contributed by atoms with Gasteiger partial charge in [-0.15, -0.1) is 11.8 Å². The van der Waals surface area contributed by atoms with Crippen LogP contribution in [0.25, 0.3) is 0 Å². The molecular weight excluding hydrogens is 339 g/mol. The fourth-order valence-electron chi connectivity index (χ4n) is 1.45. The molecule has 0 saturated heterocycles. The van der Waals surface area contributed by atoms with Gasteiger partial charge in [-0.25, -0.2) is 13.4 Å². The Morgan fingerprint density at radius 3 is 2.65 bits per heavy atom. The molecule has 4 nitrogen and oxygen atoms in total. The van der Waals surface area contributed by atoms with Gasteiger partial charge in [0.25, 0.3) is 10.0 Å². The van der Waals surface area contributed by atoms with Crippen LogP contribution < -0.4 is 4.72 Å². The van der Waals surface area contributed by atoms with Crippen molar-refractivity contribution >= 4 is 50.7 Å². The van der Waals surface area contributed by atoms with Gasteiger partial charge in [0.1, 0.15) is 10.0 Å². The summed E-state index contributed by atoms with van der Waals surface area (Å²) >= 11 is 13.0. The largest absolute Gasteiger partial charge is 0.280 e. The van der Waals surface area contributed by atoms with E-state index in [2.05, 4.69) is 9.71 Å². The van der Waals surface area contributed by atoms with Gasteiger partial charge in [0.15, 0.2) is 0 Å². The molecule has 2 rings (SSSR count). The van der Waals surface area contributed by atoms with E-state index >= 15 is 0 Å². The number of pyridine rings is 1. The summed E-state index contributed by atoms with van der Waals surface area (Å²) in [5, 5.41) is 0.155. The zero-order chi connectivity index (χ0) is 14.8. The van der Waals surface area contributed by atoms with Crippen molar-refractivity contribution in [3.8, 4) is 0 Å². The van der Waals surface area contributed by atoms with Crippen LogP contribution in [0.3, 0.4) is 0 Å². The van der Waals surface area contributed by atoms with Crippen LogP contribution in [0, 0.1) is 0 Å². The highest BCUT2D eigenvalue weighted by molar-refractivity contribution is 7.98. The summed E-state index contributed by atoms with van der Waals surface area (Å²) < 4.78 is 26.9. The predicted octanol–water partition coefficient (Wildman–Crippen LogP) is 3.91. The Morgan fingerprint density at radius 2 is 2.00 bits per heavy atom. The number of hydrogen-bond donors (Lipinski definition) is 1. The second kappa shape index (κ2) is 6.22. The van der Waals surface area contributed by atoms with E-state index < -0.39 is 10.0 Å². The molecule has 0 aliphatic carbocycles. The lowest BCUT2D eigenvalue weighted by Gasteiger charge is -2.09. The molecule has 0 saturated carbocycles. The van der Waals surface area contributed by atoms with Gasteiger partial charge in [-0.3, -0.25) is 4.72 Å². The number of anilines is 1. The van der Waals surface area contributed by atoms with Crippen molar-refractivity contribution in [1.29, 1.82) is 0 Å². The normalized spacial score (nSPS) is 11.3. The van der Waals surface area contributed by atoms with Gasteiger partial charge in [0, 0.05) is 16.8 Å². The topological polar surface area (TPSA) is 59.1 Å². The molecule has 0 amide bonds. The molecule has 8 heteroatoms.